The van der Waals surface area contributed by atoms with Gasteiger partial charge >= 0.3 is 0 Å². The van der Waals surface area contributed by atoms with Gasteiger partial charge in [0, 0.05) is 34.5 Å². The lowest BCUT2D eigenvalue weighted by atomic mass is 10.0. The molecule has 0 aliphatic heterocycles. The van der Waals surface area contributed by atoms with E-state index in [1.54, 1.807) is 11.8 Å². The third-order valence-corrected chi connectivity index (χ3v) is 4.64. The average Bonchev–Trinajstić information content (AvgIpc) is 2.91. The van der Waals surface area contributed by atoms with Crippen LogP contribution in [0.1, 0.15) is 12.0 Å². The highest BCUT2D eigenvalue weighted by Gasteiger charge is 2.19. The number of hydrogen-bond donors (Lipinski definition) is 4. The number of amides is 1. The number of hydrogen-bond acceptors (Lipinski definition) is 4. The van der Waals surface area contributed by atoms with E-state index in [0.29, 0.717) is 13.0 Å². The fourth-order valence-corrected chi connectivity index (χ4v) is 3.08. The van der Waals surface area contributed by atoms with Crippen LogP contribution in [0, 0.1) is 0 Å². The van der Waals surface area contributed by atoms with Crippen molar-refractivity contribution in [3.05, 3.63) is 34.4 Å². The molecule has 0 radical (unpaired) electrons. The van der Waals surface area contributed by atoms with Gasteiger partial charge in [-0.25, -0.2) is 0 Å². The highest BCUT2D eigenvalue weighted by atomic mass is 79.9. The number of halogens is 1. The molecule has 2 rings (SSSR count). The first-order valence-corrected chi connectivity index (χ1v) is 9.26. The average molecular weight is 386 g/mol. The molecule has 1 unspecified atom stereocenters. The highest BCUT2D eigenvalue weighted by Crippen LogP contribution is 2.23. The monoisotopic (exact) mass is 385 g/mol. The molecule has 4 N–H and O–H groups in total. The van der Waals surface area contributed by atoms with Crippen molar-refractivity contribution < 1.29 is 10.0 Å². The smallest absolute Gasteiger partial charge is 0.239 e. The van der Waals surface area contributed by atoms with Gasteiger partial charge in [-0.1, -0.05) is 15.9 Å². The van der Waals surface area contributed by atoms with Crippen molar-refractivity contribution in [3.63, 3.8) is 0 Å². The maximum absolute atomic E-state index is 12.1. The minimum Gasteiger partial charge on any atom is -0.361 e. The van der Waals surface area contributed by atoms with Gasteiger partial charge in [-0.3, -0.25) is 4.79 Å². The molecule has 1 aromatic heterocycles. The predicted molar refractivity (Wildman–Crippen MR) is 94.4 cm³/mol. The zero-order chi connectivity index (χ0) is 15.9. The molecule has 1 atom stereocenters. The lowest BCUT2D eigenvalue weighted by Gasteiger charge is -2.14. The fourth-order valence-electron chi connectivity index (χ4n) is 2.29. The molecule has 0 bridgehead atoms. The number of benzene rings is 1. The summed E-state index contributed by atoms with van der Waals surface area (Å²) in [5.74, 6) is 0.821. The SMILES string of the molecule is CSCCCNC(=O)C(Cc1c[nH]c2ccc(Br)cc12)NO. The zero-order valence-corrected chi connectivity index (χ0v) is 14.8. The summed E-state index contributed by atoms with van der Waals surface area (Å²) in [4.78, 5) is 15.3. The molecular formula is C15H20BrN3O2S. The molecule has 7 heteroatoms. The Bertz CT molecular complexity index is 632. The van der Waals surface area contributed by atoms with Crippen LogP contribution in [0.15, 0.2) is 28.9 Å². The van der Waals surface area contributed by atoms with Gasteiger partial charge in [0.1, 0.15) is 6.04 Å². The molecule has 0 spiro atoms. The molecule has 1 amide bonds. The fraction of sp³-hybridized carbons (Fsp3) is 0.400. The summed E-state index contributed by atoms with van der Waals surface area (Å²) in [6.45, 7) is 0.622. The van der Waals surface area contributed by atoms with Gasteiger partial charge in [0.2, 0.25) is 5.91 Å². The Morgan fingerprint density at radius 3 is 3.05 bits per heavy atom. The minimum atomic E-state index is -0.660. The molecule has 0 saturated heterocycles. The lowest BCUT2D eigenvalue weighted by Crippen LogP contribution is -2.44. The van der Waals surface area contributed by atoms with Crippen LogP contribution < -0.4 is 10.8 Å². The quantitative estimate of drug-likeness (QED) is 0.416. The molecule has 22 heavy (non-hydrogen) atoms. The van der Waals surface area contributed by atoms with Gasteiger partial charge in [-0.2, -0.15) is 17.2 Å². The Morgan fingerprint density at radius 1 is 1.50 bits per heavy atom. The standard InChI is InChI=1S/C15H20BrN3O2S/c1-22-6-2-5-17-15(20)14(19-21)7-10-9-18-13-4-3-11(16)8-12(10)13/h3-4,8-9,14,18-19,21H,2,5-7H2,1H3,(H,17,20). The number of aromatic nitrogens is 1. The van der Waals surface area contributed by atoms with Crippen LogP contribution in [-0.2, 0) is 11.2 Å². The zero-order valence-electron chi connectivity index (χ0n) is 12.4. The predicted octanol–water partition coefficient (Wildman–Crippen LogP) is 2.69. The van der Waals surface area contributed by atoms with Crippen molar-refractivity contribution in [1.29, 1.82) is 0 Å². The Morgan fingerprint density at radius 2 is 2.32 bits per heavy atom. The molecular weight excluding hydrogens is 366 g/mol. The van der Waals surface area contributed by atoms with Gasteiger partial charge in [0.05, 0.1) is 0 Å². The van der Waals surface area contributed by atoms with E-state index in [1.807, 2.05) is 30.7 Å². The number of carbonyl (C=O) groups excluding carboxylic acids is 1. The first kappa shape index (κ1) is 17.3. The molecule has 1 heterocycles. The van der Waals surface area contributed by atoms with Crippen LogP contribution in [0.3, 0.4) is 0 Å². The molecule has 0 fully saturated rings. The normalized spacial score (nSPS) is 12.5. The maximum atomic E-state index is 12.1. The summed E-state index contributed by atoms with van der Waals surface area (Å²) in [6.07, 6.45) is 5.25. The third kappa shape index (κ3) is 4.49. The summed E-state index contributed by atoms with van der Waals surface area (Å²) in [7, 11) is 0. The molecule has 0 aliphatic carbocycles. The van der Waals surface area contributed by atoms with Crippen LogP contribution in [0.4, 0.5) is 0 Å². The summed E-state index contributed by atoms with van der Waals surface area (Å²) < 4.78 is 0.982. The van der Waals surface area contributed by atoms with Crippen LogP contribution in [0.2, 0.25) is 0 Å². The number of thioether (sulfide) groups is 1. The molecule has 0 aliphatic rings. The van der Waals surface area contributed by atoms with Crippen LogP contribution in [0.25, 0.3) is 10.9 Å². The van der Waals surface area contributed by atoms with E-state index < -0.39 is 6.04 Å². The molecule has 0 saturated carbocycles. The van der Waals surface area contributed by atoms with Crippen molar-refractivity contribution in [1.82, 2.24) is 15.8 Å². The molecule has 120 valence electrons. The number of aromatic amines is 1. The number of rotatable bonds is 8. The second-order valence-electron chi connectivity index (χ2n) is 5.03. The summed E-state index contributed by atoms with van der Waals surface area (Å²) in [6, 6.07) is 5.29. The van der Waals surface area contributed by atoms with E-state index in [9.17, 15) is 10.0 Å². The number of fused-ring (bicyclic) bond motifs is 1. The first-order chi connectivity index (χ1) is 10.7. The first-order valence-electron chi connectivity index (χ1n) is 7.07. The van der Waals surface area contributed by atoms with E-state index in [1.165, 1.54) is 0 Å². The highest BCUT2D eigenvalue weighted by molar-refractivity contribution is 9.10. The topological polar surface area (TPSA) is 77.2 Å². The molecule has 2 aromatic rings. The van der Waals surface area contributed by atoms with Gasteiger partial charge in [-0.15, -0.1) is 0 Å². The minimum absolute atomic E-state index is 0.187. The van der Waals surface area contributed by atoms with E-state index in [2.05, 4.69) is 31.7 Å². The van der Waals surface area contributed by atoms with Crippen LogP contribution in [-0.4, -0.2) is 40.7 Å². The Balaban J connectivity index is 2.02. The van der Waals surface area contributed by atoms with Crippen LogP contribution in [0.5, 0.6) is 0 Å². The Kier molecular flexibility index (Phi) is 6.75. The molecule has 5 nitrogen and oxygen atoms in total. The van der Waals surface area contributed by atoms with E-state index in [0.717, 1.165) is 33.1 Å². The second-order valence-corrected chi connectivity index (χ2v) is 6.93. The molecule has 1 aromatic carbocycles. The van der Waals surface area contributed by atoms with Gasteiger partial charge in [0.15, 0.2) is 0 Å². The Hall–Kier alpha value is -1.02. The van der Waals surface area contributed by atoms with Crippen molar-refractivity contribution >= 4 is 44.5 Å². The van der Waals surface area contributed by atoms with Gasteiger partial charge < -0.3 is 15.5 Å². The number of nitrogens with one attached hydrogen (secondary N) is 3. The largest absolute Gasteiger partial charge is 0.361 e. The summed E-state index contributed by atoms with van der Waals surface area (Å²) in [5, 5.41) is 13.2. The number of carbonyl (C=O) groups is 1. The van der Waals surface area contributed by atoms with Crippen LogP contribution >= 0.6 is 27.7 Å². The van der Waals surface area contributed by atoms with Crippen molar-refractivity contribution in [2.45, 2.75) is 18.9 Å². The van der Waals surface area contributed by atoms with E-state index in [4.69, 9.17) is 0 Å². The van der Waals surface area contributed by atoms with Crippen molar-refractivity contribution in [2.24, 2.45) is 0 Å². The summed E-state index contributed by atoms with van der Waals surface area (Å²) in [5.41, 5.74) is 4.12. The lowest BCUT2D eigenvalue weighted by molar-refractivity contribution is -0.125. The third-order valence-electron chi connectivity index (χ3n) is 3.45. The van der Waals surface area contributed by atoms with E-state index in [-0.39, 0.29) is 5.91 Å². The van der Waals surface area contributed by atoms with Gasteiger partial charge in [0.25, 0.3) is 0 Å². The second kappa shape index (κ2) is 8.57. The Labute approximate surface area is 142 Å². The summed E-state index contributed by atoms with van der Waals surface area (Å²) >= 11 is 5.20. The van der Waals surface area contributed by atoms with Crippen molar-refractivity contribution in [3.8, 4) is 0 Å². The number of hydroxylamine groups is 1. The maximum Gasteiger partial charge on any atom is 0.239 e. The number of H-pyrrole nitrogens is 1. The van der Waals surface area contributed by atoms with Gasteiger partial charge in [-0.05, 0) is 42.2 Å². The van der Waals surface area contributed by atoms with Crippen molar-refractivity contribution in [2.75, 3.05) is 18.6 Å². The van der Waals surface area contributed by atoms with E-state index >= 15 is 0 Å².